The van der Waals surface area contributed by atoms with Crippen LogP contribution in [0.4, 0.5) is 23.1 Å². The Kier molecular flexibility index (Phi) is 6.21. The van der Waals surface area contributed by atoms with Gasteiger partial charge in [-0.1, -0.05) is 12.1 Å². The minimum atomic E-state index is 0.0172. The summed E-state index contributed by atoms with van der Waals surface area (Å²) in [6.45, 7) is 2.62. The summed E-state index contributed by atoms with van der Waals surface area (Å²) in [6, 6.07) is 15.4. The summed E-state index contributed by atoms with van der Waals surface area (Å²) < 4.78 is 5.35. The van der Waals surface area contributed by atoms with Crippen LogP contribution in [-0.4, -0.2) is 38.6 Å². The number of carbonyl (C=O) groups is 2. The minimum Gasteiger partial charge on any atom is -0.444 e. The summed E-state index contributed by atoms with van der Waals surface area (Å²) in [7, 11) is 0. The van der Waals surface area contributed by atoms with E-state index in [2.05, 4.69) is 15.6 Å². The normalized spacial score (nSPS) is 12.7. The molecular weight excluding hydrogens is 444 g/mol. The third-order valence-corrected chi connectivity index (χ3v) is 5.87. The fourth-order valence-corrected chi connectivity index (χ4v) is 4.06. The maximum Gasteiger partial charge on any atom is 0.229 e. The van der Waals surface area contributed by atoms with Crippen molar-refractivity contribution in [3.05, 3.63) is 77.9 Å². The molecule has 176 valence electrons. The monoisotopic (exact) mass is 468 g/mol. The summed E-state index contributed by atoms with van der Waals surface area (Å²) in [5.74, 6) is 1.80. The highest BCUT2D eigenvalue weighted by atomic mass is 16.3. The van der Waals surface area contributed by atoms with E-state index in [1.807, 2.05) is 48.5 Å². The first kappa shape index (κ1) is 22.3. The first-order valence-electron chi connectivity index (χ1n) is 11.3. The molecule has 5 rings (SSSR count). The number of carbonyl (C=O) groups excluding carboxylic acids is 2. The van der Waals surface area contributed by atoms with Gasteiger partial charge in [0.15, 0.2) is 12.2 Å². The van der Waals surface area contributed by atoms with E-state index in [0.717, 1.165) is 40.0 Å². The number of fused-ring (bicyclic) bond motifs is 1. The van der Waals surface area contributed by atoms with E-state index < -0.39 is 0 Å². The average molecular weight is 469 g/mol. The van der Waals surface area contributed by atoms with Gasteiger partial charge in [-0.2, -0.15) is 4.98 Å². The predicted molar refractivity (Wildman–Crippen MR) is 132 cm³/mol. The van der Waals surface area contributed by atoms with Crippen LogP contribution in [0, 0.1) is 0 Å². The molecule has 9 heteroatoms. The zero-order valence-electron chi connectivity index (χ0n) is 19.2. The second-order valence-corrected chi connectivity index (χ2v) is 8.28. The van der Waals surface area contributed by atoms with Crippen LogP contribution in [0.3, 0.4) is 0 Å². The van der Waals surface area contributed by atoms with Gasteiger partial charge in [0.25, 0.3) is 0 Å². The van der Waals surface area contributed by atoms with E-state index >= 15 is 0 Å². The minimum absolute atomic E-state index is 0.0172. The molecule has 1 amide bonds. The van der Waals surface area contributed by atoms with Crippen molar-refractivity contribution in [3.63, 3.8) is 0 Å². The molecule has 0 unspecified atom stereocenters. The Morgan fingerprint density at radius 3 is 2.71 bits per heavy atom. The van der Waals surface area contributed by atoms with Gasteiger partial charge in [-0.25, -0.2) is 9.97 Å². The fraction of sp³-hybridized carbons (Fsp3) is 0.192. The summed E-state index contributed by atoms with van der Waals surface area (Å²) in [5, 5.41) is 6.66. The lowest BCUT2D eigenvalue weighted by Crippen LogP contribution is -2.35. The number of aromatic nitrogens is 3. The number of hydrogen-bond donors (Lipinski definition) is 2. The van der Waals surface area contributed by atoms with E-state index in [9.17, 15) is 9.59 Å². The highest BCUT2D eigenvalue weighted by Crippen LogP contribution is 2.29. The van der Waals surface area contributed by atoms with Gasteiger partial charge in [0.1, 0.15) is 12.1 Å². The number of hydrogen-bond acceptors (Lipinski definition) is 8. The second-order valence-electron chi connectivity index (χ2n) is 8.28. The Hall–Kier alpha value is -4.53. The number of nitrogens with zero attached hydrogens (tertiary/aromatic N) is 4. The van der Waals surface area contributed by atoms with Crippen LogP contribution >= 0.6 is 0 Å². The molecular formula is C26H24N6O3. The maximum atomic E-state index is 12.0. The molecule has 9 nitrogen and oxygen atoms in total. The van der Waals surface area contributed by atoms with Crippen LogP contribution in [0.15, 0.2) is 65.5 Å². The molecule has 4 aromatic rings. The van der Waals surface area contributed by atoms with Crippen molar-refractivity contribution in [3.8, 4) is 11.3 Å². The second kappa shape index (κ2) is 9.76. The fourth-order valence-electron chi connectivity index (χ4n) is 4.06. The number of oxazole rings is 1. The number of amides is 1. The topological polar surface area (TPSA) is 113 Å². The first-order valence-corrected chi connectivity index (χ1v) is 11.3. The molecule has 0 atom stereocenters. The van der Waals surface area contributed by atoms with Gasteiger partial charge in [0.2, 0.25) is 11.9 Å². The van der Waals surface area contributed by atoms with E-state index in [4.69, 9.17) is 14.4 Å². The van der Waals surface area contributed by atoms with Gasteiger partial charge in [0.05, 0.1) is 18.4 Å². The van der Waals surface area contributed by atoms with E-state index in [1.165, 1.54) is 6.39 Å². The summed E-state index contributed by atoms with van der Waals surface area (Å²) in [4.78, 5) is 38.2. The predicted octanol–water partition coefficient (Wildman–Crippen LogP) is 4.26. The Morgan fingerprint density at radius 2 is 1.97 bits per heavy atom. The van der Waals surface area contributed by atoms with Crippen LogP contribution in [-0.2, 0) is 29.0 Å². The molecule has 0 spiro atoms. The highest BCUT2D eigenvalue weighted by Gasteiger charge is 2.24. The van der Waals surface area contributed by atoms with Crippen molar-refractivity contribution in [2.45, 2.75) is 26.3 Å². The van der Waals surface area contributed by atoms with Crippen LogP contribution in [0.2, 0.25) is 0 Å². The molecule has 1 aliphatic rings. The maximum absolute atomic E-state index is 12.0. The Labute approximate surface area is 202 Å². The molecule has 0 bridgehead atoms. The largest absolute Gasteiger partial charge is 0.444 e. The van der Waals surface area contributed by atoms with E-state index in [0.29, 0.717) is 43.5 Å². The summed E-state index contributed by atoms with van der Waals surface area (Å²) >= 11 is 0. The van der Waals surface area contributed by atoms with Gasteiger partial charge in [-0.3, -0.25) is 4.79 Å². The van der Waals surface area contributed by atoms with Crippen molar-refractivity contribution in [1.82, 2.24) is 19.9 Å². The van der Waals surface area contributed by atoms with Crippen molar-refractivity contribution < 1.29 is 14.0 Å². The number of aldehydes is 1. The summed E-state index contributed by atoms with van der Waals surface area (Å²) in [5.41, 5.74) is 5.24. The van der Waals surface area contributed by atoms with Crippen LogP contribution < -0.4 is 10.6 Å². The Balaban J connectivity index is 1.45. The average Bonchev–Trinajstić information content (AvgIpc) is 3.40. The SMILES string of the molecule is CC(=O)N1CCc2nc(Nc3ccc(-c4cnco4)cc3)nc(Nc3cccc(CC=O)c3)c2C1. The number of anilines is 4. The van der Waals surface area contributed by atoms with Gasteiger partial charge in [-0.15, -0.1) is 0 Å². The molecule has 3 heterocycles. The molecule has 0 fully saturated rings. The molecule has 1 aliphatic heterocycles. The third kappa shape index (κ3) is 5.03. The van der Waals surface area contributed by atoms with E-state index in [1.54, 1.807) is 18.0 Å². The first-order chi connectivity index (χ1) is 17.1. The Bertz CT molecular complexity index is 1350. The number of nitrogens with one attached hydrogen (secondary N) is 2. The van der Waals surface area contributed by atoms with E-state index in [-0.39, 0.29) is 5.91 Å². The molecule has 35 heavy (non-hydrogen) atoms. The molecule has 0 saturated heterocycles. The molecule has 2 aromatic heterocycles. The van der Waals surface area contributed by atoms with Gasteiger partial charge in [0, 0.05) is 48.8 Å². The standard InChI is InChI=1S/C26H24N6O3/c1-17(34)32-11-9-23-22(15-32)25(28-21-4-2-3-18(13-21)10-12-33)31-26(30-23)29-20-7-5-19(6-8-20)24-14-27-16-35-24/h2-8,12-14,16H,9-11,15H2,1H3,(H2,28,29,30,31). The van der Waals surface area contributed by atoms with Crippen molar-refractivity contribution in [2.24, 2.45) is 0 Å². The number of rotatable bonds is 7. The van der Waals surface area contributed by atoms with Gasteiger partial charge in [-0.05, 0) is 42.0 Å². The molecule has 2 N–H and O–H groups in total. The zero-order chi connectivity index (χ0) is 24.2. The van der Waals surface area contributed by atoms with Gasteiger partial charge < -0.3 is 24.7 Å². The Morgan fingerprint density at radius 1 is 1.11 bits per heavy atom. The highest BCUT2D eigenvalue weighted by molar-refractivity contribution is 5.74. The molecule has 2 aromatic carbocycles. The van der Waals surface area contributed by atoms with Gasteiger partial charge >= 0.3 is 0 Å². The lowest BCUT2D eigenvalue weighted by molar-refractivity contribution is -0.129. The smallest absolute Gasteiger partial charge is 0.229 e. The van der Waals surface area contributed by atoms with Crippen LogP contribution in [0.25, 0.3) is 11.3 Å². The zero-order valence-corrected chi connectivity index (χ0v) is 19.2. The van der Waals surface area contributed by atoms with Crippen molar-refractivity contribution >= 4 is 35.3 Å². The van der Waals surface area contributed by atoms with Crippen molar-refractivity contribution in [1.29, 1.82) is 0 Å². The third-order valence-electron chi connectivity index (χ3n) is 5.87. The van der Waals surface area contributed by atoms with Crippen LogP contribution in [0.1, 0.15) is 23.7 Å². The lowest BCUT2D eigenvalue weighted by Gasteiger charge is -2.29. The lowest BCUT2D eigenvalue weighted by atomic mass is 10.1. The quantitative estimate of drug-likeness (QED) is 0.387. The number of benzene rings is 2. The van der Waals surface area contributed by atoms with Crippen molar-refractivity contribution in [2.75, 3.05) is 17.2 Å². The molecule has 0 radical (unpaired) electrons. The molecule has 0 aliphatic carbocycles. The molecule has 0 saturated carbocycles. The summed E-state index contributed by atoms with van der Waals surface area (Å²) in [6.07, 6.45) is 4.93. The van der Waals surface area contributed by atoms with Crippen LogP contribution in [0.5, 0.6) is 0 Å².